The fraction of sp³-hybridized carbons (Fsp3) is 0.720. The number of nitrogens with zero attached hydrogens (tertiary/aromatic N) is 5. The molecule has 7 heteroatoms. The zero-order valence-electron chi connectivity index (χ0n) is 20.2. The minimum Gasteiger partial charge on any atom is -0.373 e. The van der Waals surface area contributed by atoms with Crippen molar-refractivity contribution in [1.82, 2.24) is 24.9 Å². The van der Waals surface area contributed by atoms with E-state index in [0.717, 1.165) is 71.5 Å². The van der Waals surface area contributed by atoms with Gasteiger partial charge in [-0.2, -0.15) is 0 Å². The molecular formula is C25H42N6O. The van der Waals surface area contributed by atoms with E-state index in [1.165, 1.54) is 18.7 Å². The summed E-state index contributed by atoms with van der Waals surface area (Å²) in [6.07, 6.45) is 0.260. The van der Waals surface area contributed by atoms with Gasteiger partial charge in [0.05, 0.1) is 25.3 Å². The van der Waals surface area contributed by atoms with E-state index in [1.807, 2.05) is 0 Å². The summed E-state index contributed by atoms with van der Waals surface area (Å²) in [5.41, 5.74) is 1.38. The average Bonchev–Trinajstić information content (AvgIpc) is 3.27. The maximum atomic E-state index is 6.19. The van der Waals surface area contributed by atoms with Crippen molar-refractivity contribution >= 4 is 5.96 Å². The molecule has 0 saturated carbocycles. The molecule has 0 amide bonds. The zero-order valence-corrected chi connectivity index (χ0v) is 20.2. The first-order valence-electron chi connectivity index (χ1n) is 12.6. The average molecular weight is 443 g/mol. The molecule has 0 spiro atoms. The molecule has 3 heterocycles. The first-order chi connectivity index (χ1) is 15.7. The summed E-state index contributed by atoms with van der Waals surface area (Å²) in [6.45, 7) is 19.0. The predicted octanol–water partition coefficient (Wildman–Crippen LogP) is 1.56. The topological polar surface area (TPSA) is 46.6 Å². The van der Waals surface area contributed by atoms with Crippen LogP contribution in [0.4, 0.5) is 0 Å². The van der Waals surface area contributed by atoms with E-state index >= 15 is 0 Å². The highest BCUT2D eigenvalue weighted by Crippen LogP contribution is 2.24. The van der Waals surface area contributed by atoms with E-state index < -0.39 is 0 Å². The monoisotopic (exact) mass is 442 g/mol. The number of benzene rings is 1. The predicted molar refractivity (Wildman–Crippen MR) is 131 cm³/mol. The van der Waals surface area contributed by atoms with Crippen molar-refractivity contribution < 1.29 is 4.74 Å². The lowest BCUT2D eigenvalue weighted by molar-refractivity contribution is -0.0502. The van der Waals surface area contributed by atoms with Gasteiger partial charge in [0.15, 0.2) is 5.96 Å². The van der Waals surface area contributed by atoms with Gasteiger partial charge in [-0.3, -0.25) is 14.8 Å². The number of morpholine rings is 1. The van der Waals surface area contributed by atoms with Gasteiger partial charge in [0, 0.05) is 64.9 Å². The largest absolute Gasteiger partial charge is 0.373 e. The molecule has 3 saturated heterocycles. The lowest BCUT2D eigenvalue weighted by Gasteiger charge is -2.37. The second-order valence-electron chi connectivity index (χ2n) is 9.35. The second kappa shape index (κ2) is 11.5. The Kier molecular flexibility index (Phi) is 8.41. The number of hydrogen-bond donors (Lipinski definition) is 1. The molecule has 32 heavy (non-hydrogen) atoms. The van der Waals surface area contributed by atoms with Crippen LogP contribution in [-0.4, -0.2) is 116 Å². The number of nitrogens with one attached hydrogen (secondary N) is 1. The highest BCUT2D eigenvalue weighted by atomic mass is 16.5. The molecule has 178 valence electrons. The zero-order chi connectivity index (χ0) is 22.3. The Labute approximate surface area is 194 Å². The van der Waals surface area contributed by atoms with Crippen LogP contribution in [-0.2, 0) is 11.3 Å². The maximum Gasteiger partial charge on any atom is 0.194 e. The molecular weight excluding hydrogens is 400 g/mol. The Morgan fingerprint density at radius 1 is 1.09 bits per heavy atom. The molecule has 3 aliphatic rings. The van der Waals surface area contributed by atoms with Crippen LogP contribution in [0.2, 0.25) is 0 Å². The molecule has 1 aromatic carbocycles. The van der Waals surface area contributed by atoms with Crippen molar-refractivity contribution in [3.05, 3.63) is 35.9 Å². The molecule has 3 atom stereocenters. The number of likely N-dealkylation sites (tertiary alicyclic amines) is 1. The van der Waals surface area contributed by atoms with Crippen molar-refractivity contribution in [2.45, 2.75) is 45.5 Å². The van der Waals surface area contributed by atoms with E-state index in [2.05, 4.69) is 76.0 Å². The summed E-state index contributed by atoms with van der Waals surface area (Å²) < 4.78 is 6.19. The number of ether oxygens (including phenoxy) is 1. The van der Waals surface area contributed by atoms with Crippen LogP contribution < -0.4 is 5.32 Å². The third-order valence-corrected chi connectivity index (χ3v) is 7.26. The molecule has 1 N–H and O–H groups in total. The van der Waals surface area contributed by atoms with Crippen molar-refractivity contribution in [3.8, 4) is 0 Å². The van der Waals surface area contributed by atoms with Gasteiger partial charge in [-0.05, 0) is 26.0 Å². The summed E-state index contributed by atoms with van der Waals surface area (Å²) in [5, 5.41) is 3.55. The normalized spacial score (nSPS) is 26.8. The van der Waals surface area contributed by atoms with Gasteiger partial charge in [-0.15, -0.1) is 0 Å². The first-order valence-corrected chi connectivity index (χ1v) is 12.6. The summed E-state index contributed by atoms with van der Waals surface area (Å²) in [7, 11) is 0. The third kappa shape index (κ3) is 5.81. The highest BCUT2D eigenvalue weighted by Gasteiger charge is 2.41. The summed E-state index contributed by atoms with van der Waals surface area (Å²) >= 11 is 0. The summed E-state index contributed by atoms with van der Waals surface area (Å²) in [4.78, 5) is 15.2. The molecule has 4 rings (SSSR count). The molecule has 0 aliphatic carbocycles. The molecule has 0 bridgehead atoms. The van der Waals surface area contributed by atoms with Crippen LogP contribution >= 0.6 is 0 Å². The van der Waals surface area contributed by atoms with Crippen LogP contribution in [0.15, 0.2) is 35.3 Å². The number of piperazine rings is 1. The number of aliphatic imine (C=N–C) groups is 1. The van der Waals surface area contributed by atoms with E-state index in [-0.39, 0.29) is 6.10 Å². The highest BCUT2D eigenvalue weighted by molar-refractivity contribution is 5.80. The quantitative estimate of drug-likeness (QED) is 0.511. The first kappa shape index (κ1) is 23.5. The van der Waals surface area contributed by atoms with Gasteiger partial charge in [-0.1, -0.05) is 37.3 Å². The minimum absolute atomic E-state index is 0.260. The van der Waals surface area contributed by atoms with Crippen molar-refractivity contribution in [2.75, 3.05) is 72.1 Å². The van der Waals surface area contributed by atoms with Crippen LogP contribution in [0.25, 0.3) is 0 Å². The summed E-state index contributed by atoms with van der Waals surface area (Å²) in [5.74, 6) is 1.05. The van der Waals surface area contributed by atoms with Crippen LogP contribution in [0.1, 0.15) is 26.3 Å². The molecule has 3 unspecified atom stereocenters. The fourth-order valence-electron chi connectivity index (χ4n) is 5.23. The summed E-state index contributed by atoms with van der Waals surface area (Å²) in [6, 6.07) is 11.7. The molecule has 3 fully saturated rings. The Morgan fingerprint density at radius 3 is 2.59 bits per heavy atom. The number of likely N-dealkylation sites (N-methyl/N-ethyl adjacent to an activating group) is 1. The Bertz CT molecular complexity index is 720. The van der Waals surface area contributed by atoms with Gasteiger partial charge < -0.3 is 19.9 Å². The smallest absolute Gasteiger partial charge is 0.194 e. The van der Waals surface area contributed by atoms with Crippen LogP contribution in [0, 0.1) is 0 Å². The molecule has 0 radical (unpaired) electrons. The molecule has 0 aromatic heterocycles. The lowest BCUT2D eigenvalue weighted by atomic mass is 10.1. The van der Waals surface area contributed by atoms with Gasteiger partial charge in [0.2, 0.25) is 0 Å². The van der Waals surface area contributed by atoms with E-state index in [4.69, 9.17) is 9.73 Å². The second-order valence-corrected chi connectivity index (χ2v) is 9.35. The maximum absolute atomic E-state index is 6.19. The van der Waals surface area contributed by atoms with Crippen LogP contribution in [0.5, 0.6) is 0 Å². The molecule has 7 nitrogen and oxygen atoms in total. The van der Waals surface area contributed by atoms with Crippen molar-refractivity contribution in [2.24, 2.45) is 4.99 Å². The fourth-order valence-corrected chi connectivity index (χ4v) is 5.23. The van der Waals surface area contributed by atoms with E-state index in [0.29, 0.717) is 12.1 Å². The van der Waals surface area contributed by atoms with Gasteiger partial charge in [0.25, 0.3) is 0 Å². The van der Waals surface area contributed by atoms with Crippen molar-refractivity contribution in [1.29, 1.82) is 0 Å². The lowest BCUT2D eigenvalue weighted by Crippen LogP contribution is -2.50. The minimum atomic E-state index is 0.260. The Balaban J connectivity index is 1.36. The molecule has 1 aromatic rings. The van der Waals surface area contributed by atoms with Crippen molar-refractivity contribution in [3.63, 3.8) is 0 Å². The number of fused-ring (bicyclic) bond motifs is 1. The number of guanidine groups is 1. The van der Waals surface area contributed by atoms with E-state index in [9.17, 15) is 0 Å². The van der Waals surface area contributed by atoms with E-state index in [1.54, 1.807) is 0 Å². The number of hydrogen-bond acceptors (Lipinski definition) is 5. The van der Waals surface area contributed by atoms with Gasteiger partial charge >= 0.3 is 0 Å². The SMILES string of the molecule is CCNC(=NCC(C)N1CCN(CC)CC1)N1CC2OCCN(Cc3ccccc3)C2C1. The Hall–Kier alpha value is -1.67. The Morgan fingerprint density at radius 2 is 1.88 bits per heavy atom. The van der Waals surface area contributed by atoms with Gasteiger partial charge in [-0.25, -0.2) is 0 Å². The van der Waals surface area contributed by atoms with Gasteiger partial charge in [0.1, 0.15) is 0 Å². The van der Waals surface area contributed by atoms with Crippen LogP contribution in [0.3, 0.4) is 0 Å². The number of rotatable bonds is 7. The standard InChI is InChI=1S/C25H42N6O/c1-4-26-25(27-17-21(3)29-13-11-28(5-2)12-14-29)31-19-23-24(20-31)32-16-15-30(23)18-22-9-7-6-8-10-22/h6-10,21,23-24H,4-5,11-20H2,1-3H3,(H,26,27). The third-order valence-electron chi connectivity index (χ3n) is 7.26. The molecule has 3 aliphatic heterocycles.